The highest BCUT2D eigenvalue weighted by molar-refractivity contribution is 5.76. The molecule has 1 fully saturated rings. The van der Waals surface area contributed by atoms with E-state index in [1.54, 1.807) is 0 Å². The molecule has 5 heteroatoms. The number of hydrogen-bond donors (Lipinski definition) is 2. The number of nitrogens with one attached hydrogen (secondary N) is 1. The van der Waals surface area contributed by atoms with Crippen LogP contribution in [0, 0.1) is 0 Å². The maximum Gasteiger partial charge on any atom is 0.221 e. The summed E-state index contributed by atoms with van der Waals surface area (Å²) in [6.07, 6.45) is 0.377. The number of hydrogen-bond acceptors (Lipinski definition) is 4. The second-order valence-electron chi connectivity index (χ2n) is 6.49. The molecule has 0 bridgehead atoms. The Morgan fingerprint density at radius 2 is 1.70 bits per heavy atom. The molecule has 1 atom stereocenters. The van der Waals surface area contributed by atoms with Crippen molar-refractivity contribution in [3.05, 3.63) is 35.4 Å². The van der Waals surface area contributed by atoms with Crippen molar-refractivity contribution in [3.8, 4) is 0 Å². The van der Waals surface area contributed by atoms with Gasteiger partial charge in [-0.2, -0.15) is 0 Å². The summed E-state index contributed by atoms with van der Waals surface area (Å²) in [6, 6.07) is 8.44. The molecule has 0 radical (unpaired) electrons. The molecule has 128 valence electrons. The van der Waals surface area contributed by atoms with Gasteiger partial charge in [-0.05, 0) is 24.6 Å². The number of likely N-dealkylation sites (N-methyl/N-ethyl adjacent to an activating group) is 1. The lowest BCUT2D eigenvalue weighted by Crippen LogP contribution is -2.45. The van der Waals surface area contributed by atoms with Gasteiger partial charge in [-0.15, -0.1) is 0 Å². The summed E-state index contributed by atoms with van der Waals surface area (Å²) in [7, 11) is 0. The van der Waals surface area contributed by atoms with Crippen molar-refractivity contribution in [2.24, 2.45) is 5.73 Å². The van der Waals surface area contributed by atoms with E-state index in [2.05, 4.69) is 46.3 Å². The van der Waals surface area contributed by atoms with Crippen LogP contribution in [0.5, 0.6) is 0 Å². The minimum atomic E-state index is -0.0921. The van der Waals surface area contributed by atoms with Gasteiger partial charge in [0.15, 0.2) is 0 Å². The van der Waals surface area contributed by atoms with Crippen molar-refractivity contribution < 1.29 is 4.79 Å². The van der Waals surface area contributed by atoms with E-state index in [-0.39, 0.29) is 11.9 Å². The molecule has 1 aromatic rings. The third-order valence-electron chi connectivity index (χ3n) is 4.34. The average molecular weight is 318 g/mol. The van der Waals surface area contributed by atoms with Crippen LogP contribution in [-0.2, 0) is 17.9 Å². The monoisotopic (exact) mass is 318 g/mol. The topological polar surface area (TPSA) is 61.6 Å². The molecular formula is C18H30N4O. The van der Waals surface area contributed by atoms with Gasteiger partial charge in [0.25, 0.3) is 0 Å². The van der Waals surface area contributed by atoms with E-state index in [0.29, 0.717) is 13.0 Å². The zero-order chi connectivity index (χ0) is 16.7. The molecule has 5 nitrogen and oxygen atoms in total. The predicted octanol–water partition coefficient (Wildman–Crippen LogP) is 1.18. The van der Waals surface area contributed by atoms with Gasteiger partial charge in [-0.25, -0.2) is 0 Å². The number of piperazine rings is 1. The van der Waals surface area contributed by atoms with E-state index >= 15 is 0 Å². The first-order chi connectivity index (χ1) is 11.1. The number of amides is 1. The minimum absolute atomic E-state index is 0.0119. The van der Waals surface area contributed by atoms with Gasteiger partial charge in [0, 0.05) is 51.7 Å². The van der Waals surface area contributed by atoms with Gasteiger partial charge < -0.3 is 16.0 Å². The Hall–Kier alpha value is -1.43. The molecule has 1 amide bonds. The number of nitrogens with two attached hydrogens (primary N) is 1. The summed E-state index contributed by atoms with van der Waals surface area (Å²) >= 11 is 0. The van der Waals surface area contributed by atoms with Gasteiger partial charge in [-0.1, -0.05) is 31.2 Å². The Morgan fingerprint density at radius 3 is 2.26 bits per heavy atom. The third-order valence-corrected chi connectivity index (χ3v) is 4.34. The summed E-state index contributed by atoms with van der Waals surface area (Å²) in [5.74, 6) is 0.0119. The zero-order valence-electron chi connectivity index (χ0n) is 14.4. The van der Waals surface area contributed by atoms with Crippen LogP contribution in [0.25, 0.3) is 0 Å². The normalized spacial score (nSPS) is 17.9. The van der Waals surface area contributed by atoms with E-state index < -0.39 is 0 Å². The molecule has 23 heavy (non-hydrogen) atoms. The molecule has 0 aromatic heterocycles. The Kier molecular flexibility index (Phi) is 7.02. The van der Waals surface area contributed by atoms with Gasteiger partial charge in [0.2, 0.25) is 5.91 Å². The van der Waals surface area contributed by atoms with Crippen LogP contribution in [0.2, 0.25) is 0 Å². The van der Waals surface area contributed by atoms with E-state index in [1.165, 1.54) is 18.7 Å². The van der Waals surface area contributed by atoms with E-state index in [1.807, 2.05) is 6.92 Å². The standard InChI is InChI=1S/C18H30N4O/c1-3-21-8-10-22(11-9-21)14-17-6-4-16(5-7-17)13-20-18(23)12-15(2)19/h4-7,15H,3,8-14,19H2,1-2H3,(H,20,23). The highest BCUT2D eigenvalue weighted by Crippen LogP contribution is 2.10. The molecule has 0 aliphatic carbocycles. The van der Waals surface area contributed by atoms with Crippen LogP contribution >= 0.6 is 0 Å². The van der Waals surface area contributed by atoms with Crippen LogP contribution < -0.4 is 11.1 Å². The summed E-state index contributed by atoms with van der Waals surface area (Å²) < 4.78 is 0. The average Bonchev–Trinajstić information content (AvgIpc) is 2.54. The highest BCUT2D eigenvalue weighted by Gasteiger charge is 2.15. The molecule has 2 rings (SSSR count). The Morgan fingerprint density at radius 1 is 1.13 bits per heavy atom. The maximum atomic E-state index is 11.6. The first kappa shape index (κ1) is 17.9. The van der Waals surface area contributed by atoms with Crippen molar-refractivity contribution in [1.29, 1.82) is 0 Å². The highest BCUT2D eigenvalue weighted by atomic mass is 16.1. The van der Waals surface area contributed by atoms with Gasteiger partial charge in [0.05, 0.1) is 0 Å². The van der Waals surface area contributed by atoms with Crippen LogP contribution in [0.4, 0.5) is 0 Å². The Balaban J connectivity index is 1.75. The lowest BCUT2D eigenvalue weighted by Gasteiger charge is -2.34. The molecule has 1 heterocycles. The first-order valence-electron chi connectivity index (χ1n) is 8.61. The van der Waals surface area contributed by atoms with Crippen LogP contribution in [0.15, 0.2) is 24.3 Å². The Labute approximate surface area is 139 Å². The second-order valence-corrected chi connectivity index (χ2v) is 6.49. The van der Waals surface area contributed by atoms with Crippen LogP contribution in [0.3, 0.4) is 0 Å². The van der Waals surface area contributed by atoms with E-state index in [9.17, 15) is 4.79 Å². The van der Waals surface area contributed by atoms with Gasteiger partial charge in [0.1, 0.15) is 0 Å². The fourth-order valence-electron chi connectivity index (χ4n) is 2.85. The SMILES string of the molecule is CCN1CCN(Cc2ccc(CNC(=O)CC(C)N)cc2)CC1. The minimum Gasteiger partial charge on any atom is -0.352 e. The fourth-order valence-corrected chi connectivity index (χ4v) is 2.85. The molecular weight excluding hydrogens is 288 g/mol. The summed E-state index contributed by atoms with van der Waals surface area (Å²) in [5, 5.41) is 2.91. The predicted molar refractivity (Wildman–Crippen MR) is 93.9 cm³/mol. The van der Waals surface area contributed by atoms with Gasteiger partial charge >= 0.3 is 0 Å². The third kappa shape index (κ3) is 6.29. The molecule has 3 N–H and O–H groups in total. The molecule has 0 spiro atoms. The number of nitrogens with zero attached hydrogens (tertiary/aromatic N) is 2. The summed E-state index contributed by atoms with van der Waals surface area (Å²) in [4.78, 5) is 16.6. The van der Waals surface area contributed by atoms with Crippen LogP contribution in [-0.4, -0.2) is 54.5 Å². The number of carbonyl (C=O) groups is 1. The summed E-state index contributed by atoms with van der Waals surface area (Å²) in [5.41, 5.74) is 8.08. The quantitative estimate of drug-likeness (QED) is 0.792. The maximum absolute atomic E-state index is 11.6. The number of rotatable bonds is 7. The van der Waals surface area contributed by atoms with E-state index in [0.717, 1.165) is 31.7 Å². The lowest BCUT2D eigenvalue weighted by atomic mass is 10.1. The molecule has 1 aliphatic heterocycles. The van der Waals surface area contributed by atoms with Gasteiger partial charge in [-0.3, -0.25) is 9.69 Å². The zero-order valence-corrected chi connectivity index (χ0v) is 14.4. The molecule has 1 aromatic carbocycles. The smallest absolute Gasteiger partial charge is 0.221 e. The number of benzene rings is 1. The van der Waals surface area contributed by atoms with Crippen molar-refractivity contribution in [2.75, 3.05) is 32.7 Å². The summed E-state index contributed by atoms with van der Waals surface area (Å²) in [6.45, 7) is 11.4. The van der Waals surface area contributed by atoms with Crippen LogP contribution in [0.1, 0.15) is 31.4 Å². The largest absolute Gasteiger partial charge is 0.352 e. The Bertz CT molecular complexity index is 478. The molecule has 0 saturated carbocycles. The number of carbonyl (C=O) groups excluding carboxylic acids is 1. The second kappa shape index (κ2) is 9.01. The lowest BCUT2D eigenvalue weighted by molar-refractivity contribution is -0.121. The van der Waals surface area contributed by atoms with Crippen molar-refractivity contribution in [1.82, 2.24) is 15.1 Å². The molecule has 1 aliphatic rings. The van der Waals surface area contributed by atoms with Crippen molar-refractivity contribution in [3.63, 3.8) is 0 Å². The van der Waals surface area contributed by atoms with Crippen molar-refractivity contribution in [2.45, 2.75) is 39.4 Å². The van der Waals surface area contributed by atoms with Crippen molar-refractivity contribution >= 4 is 5.91 Å². The molecule has 1 saturated heterocycles. The first-order valence-corrected chi connectivity index (χ1v) is 8.61. The molecule has 1 unspecified atom stereocenters. The van der Waals surface area contributed by atoms with E-state index in [4.69, 9.17) is 5.73 Å². The fraction of sp³-hybridized carbons (Fsp3) is 0.611.